The fourth-order valence-electron chi connectivity index (χ4n) is 1.55. The maximum Gasteiger partial charge on any atom is 0.273 e. The maximum absolute atomic E-state index is 11.0. The number of tetrazole rings is 1. The van der Waals surface area contributed by atoms with E-state index in [1.807, 2.05) is 0 Å². The molecule has 0 aliphatic rings. The molecule has 106 valence electrons. The summed E-state index contributed by atoms with van der Waals surface area (Å²) >= 11 is 7.16. The lowest BCUT2D eigenvalue weighted by atomic mass is 10.2. The Morgan fingerprint density at radius 1 is 1.50 bits per heavy atom. The van der Waals surface area contributed by atoms with Gasteiger partial charge in [0.2, 0.25) is 5.16 Å². The van der Waals surface area contributed by atoms with Crippen molar-refractivity contribution >= 4 is 29.1 Å². The first kappa shape index (κ1) is 14.7. The number of benzene rings is 1. The van der Waals surface area contributed by atoms with Crippen LogP contribution in [0.15, 0.2) is 23.4 Å². The van der Waals surface area contributed by atoms with Crippen LogP contribution in [0.2, 0.25) is 5.02 Å². The molecule has 0 unspecified atom stereocenters. The van der Waals surface area contributed by atoms with Gasteiger partial charge in [-0.3, -0.25) is 10.1 Å². The molecule has 1 aromatic carbocycles. The predicted molar refractivity (Wildman–Crippen MR) is 74.5 cm³/mol. The van der Waals surface area contributed by atoms with Gasteiger partial charge in [-0.2, -0.15) is 0 Å². The summed E-state index contributed by atoms with van der Waals surface area (Å²) in [7, 11) is 0. The molecule has 1 heterocycles. The Labute approximate surface area is 123 Å². The molecule has 10 heteroatoms. The minimum absolute atomic E-state index is 0.0275. The Hall–Kier alpha value is -1.71. The van der Waals surface area contributed by atoms with E-state index in [1.54, 1.807) is 10.7 Å². The monoisotopic (exact) mass is 314 g/mol. The number of hydrogen-bond acceptors (Lipinski definition) is 7. The summed E-state index contributed by atoms with van der Waals surface area (Å²) in [6, 6.07) is 4.46. The number of nitro benzene ring substituents is 1. The second-order valence-corrected chi connectivity index (χ2v) is 5.17. The number of nitro groups is 1. The lowest BCUT2D eigenvalue weighted by Gasteiger charge is -2.04. The van der Waals surface area contributed by atoms with Gasteiger partial charge in [-0.25, -0.2) is 4.68 Å². The quantitative estimate of drug-likeness (QED) is 0.488. The number of thioether (sulfide) groups is 1. The Kier molecular flexibility index (Phi) is 4.88. The molecule has 0 radical (unpaired) electrons. The van der Waals surface area contributed by atoms with Crippen molar-refractivity contribution in [1.82, 2.24) is 20.2 Å². The Morgan fingerprint density at radius 2 is 2.30 bits per heavy atom. The average molecular weight is 315 g/mol. The maximum atomic E-state index is 11.0. The van der Waals surface area contributed by atoms with Gasteiger partial charge < -0.3 is 5.73 Å². The molecule has 0 spiro atoms. The molecule has 8 nitrogen and oxygen atoms in total. The molecule has 0 aliphatic heterocycles. The van der Waals surface area contributed by atoms with Gasteiger partial charge in [0, 0.05) is 29.0 Å². The highest BCUT2D eigenvalue weighted by Crippen LogP contribution is 2.28. The minimum Gasteiger partial charge on any atom is -0.329 e. The van der Waals surface area contributed by atoms with Crippen molar-refractivity contribution in [2.24, 2.45) is 5.73 Å². The largest absolute Gasteiger partial charge is 0.329 e. The number of aromatic nitrogens is 4. The first-order chi connectivity index (χ1) is 9.61. The third-order valence-electron chi connectivity index (χ3n) is 2.43. The number of rotatable bonds is 6. The number of hydrogen-bond donors (Lipinski definition) is 1. The average Bonchev–Trinajstić information content (AvgIpc) is 2.84. The second kappa shape index (κ2) is 6.64. The lowest BCUT2D eigenvalue weighted by molar-refractivity contribution is -0.385. The third-order valence-corrected chi connectivity index (χ3v) is 3.68. The van der Waals surface area contributed by atoms with Crippen molar-refractivity contribution < 1.29 is 4.92 Å². The van der Waals surface area contributed by atoms with E-state index in [0.717, 1.165) is 0 Å². The van der Waals surface area contributed by atoms with E-state index in [9.17, 15) is 10.1 Å². The summed E-state index contributed by atoms with van der Waals surface area (Å²) in [6.07, 6.45) is 0. The summed E-state index contributed by atoms with van der Waals surface area (Å²) in [5.41, 5.74) is 6.00. The van der Waals surface area contributed by atoms with E-state index in [-0.39, 0.29) is 5.69 Å². The normalized spacial score (nSPS) is 10.7. The van der Waals surface area contributed by atoms with E-state index < -0.39 is 4.92 Å². The molecule has 0 fully saturated rings. The highest BCUT2D eigenvalue weighted by atomic mass is 35.5. The van der Waals surface area contributed by atoms with Crippen LogP contribution in [0.25, 0.3) is 0 Å². The lowest BCUT2D eigenvalue weighted by Crippen LogP contribution is -2.12. The first-order valence-corrected chi connectivity index (χ1v) is 7.00. The van der Waals surface area contributed by atoms with Crippen LogP contribution in [0.3, 0.4) is 0 Å². The number of nitrogens with zero attached hydrogens (tertiary/aromatic N) is 5. The second-order valence-electron chi connectivity index (χ2n) is 3.79. The molecular weight excluding hydrogens is 304 g/mol. The fourth-order valence-corrected chi connectivity index (χ4v) is 2.63. The van der Waals surface area contributed by atoms with Gasteiger partial charge in [0.15, 0.2) is 0 Å². The number of nitrogens with two attached hydrogens (primary N) is 1. The summed E-state index contributed by atoms with van der Waals surface area (Å²) < 4.78 is 1.56. The smallest absolute Gasteiger partial charge is 0.273 e. The van der Waals surface area contributed by atoms with Crippen LogP contribution in [0.1, 0.15) is 5.56 Å². The SMILES string of the molecule is NCCn1nnnc1SCc1cc(Cl)ccc1[N+](=O)[O-]. The molecule has 2 N–H and O–H groups in total. The van der Waals surface area contributed by atoms with Crippen LogP contribution >= 0.6 is 23.4 Å². The molecule has 0 atom stereocenters. The van der Waals surface area contributed by atoms with Crippen LogP contribution in [-0.2, 0) is 12.3 Å². The van der Waals surface area contributed by atoms with E-state index in [0.29, 0.717) is 34.6 Å². The van der Waals surface area contributed by atoms with Crippen molar-refractivity contribution in [3.8, 4) is 0 Å². The highest BCUT2D eigenvalue weighted by Gasteiger charge is 2.15. The van der Waals surface area contributed by atoms with Crippen molar-refractivity contribution in [3.05, 3.63) is 38.9 Å². The van der Waals surface area contributed by atoms with Crippen LogP contribution in [-0.4, -0.2) is 31.7 Å². The van der Waals surface area contributed by atoms with Gasteiger partial charge in [0.1, 0.15) is 0 Å². The molecule has 2 aromatic rings. The molecule has 0 saturated heterocycles. The van der Waals surface area contributed by atoms with E-state index >= 15 is 0 Å². The van der Waals surface area contributed by atoms with E-state index in [4.69, 9.17) is 17.3 Å². The van der Waals surface area contributed by atoms with Gasteiger partial charge in [0.05, 0.1) is 11.5 Å². The van der Waals surface area contributed by atoms with Gasteiger partial charge in [0.25, 0.3) is 5.69 Å². The predicted octanol–water partition coefficient (Wildman–Crippen LogP) is 1.49. The topological polar surface area (TPSA) is 113 Å². The molecular formula is C10H11ClN6O2S. The molecule has 0 bridgehead atoms. The van der Waals surface area contributed by atoms with E-state index in [1.165, 1.54) is 23.9 Å². The molecule has 0 saturated carbocycles. The Balaban J connectivity index is 2.16. The van der Waals surface area contributed by atoms with Gasteiger partial charge >= 0.3 is 0 Å². The summed E-state index contributed by atoms with van der Waals surface area (Å²) in [4.78, 5) is 10.5. The summed E-state index contributed by atoms with van der Waals surface area (Å²) in [5.74, 6) is 0.349. The molecule has 20 heavy (non-hydrogen) atoms. The highest BCUT2D eigenvalue weighted by molar-refractivity contribution is 7.98. The van der Waals surface area contributed by atoms with E-state index in [2.05, 4.69) is 15.5 Å². The first-order valence-electron chi connectivity index (χ1n) is 5.63. The molecule has 1 aromatic heterocycles. The van der Waals surface area contributed by atoms with Crippen molar-refractivity contribution in [1.29, 1.82) is 0 Å². The zero-order valence-corrected chi connectivity index (χ0v) is 11.8. The van der Waals surface area contributed by atoms with Crippen molar-refractivity contribution in [2.45, 2.75) is 17.5 Å². The van der Waals surface area contributed by atoms with Crippen molar-refractivity contribution in [3.63, 3.8) is 0 Å². The fraction of sp³-hybridized carbons (Fsp3) is 0.300. The van der Waals surface area contributed by atoms with Crippen LogP contribution in [0.4, 0.5) is 5.69 Å². The van der Waals surface area contributed by atoms with Crippen molar-refractivity contribution in [2.75, 3.05) is 6.54 Å². The third kappa shape index (κ3) is 3.44. The Bertz CT molecular complexity index is 620. The molecule has 0 aliphatic carbocycles. The zero-order valence-electron chi connectivity index (χ0n) is 10.3. The summed E-state index contributed by atoms with van der Waals surface area (Å²) in [6.45, 7) is 0.906. The minimum atomic E-state index is -0.435. The Morgan fingerprint density at radius 3 is 3.00 bits per heavy atom. The molecule has 0 amide bonds. The summed E-state index contributed by atoms with van der Waals surface area (Å²) in [5, 5.41) is 23.2. The standard InChI is InChI=1S/C10H11ClN6O2S/c11-8-1-2-9(17(18)19)7(5-8)6-20-10-13-14-15-16(10)4-3-12/h1-2,5H,3-4,6,12H2. The van der Waals surface area contributed by atoms with Gasteiger partial charge in [-0.15, -0.1) is 5.10 Å². The molecule has 2 rings (SSSR count). The van der Waals surface area contributed by atoms with Crippen LogP contribution in [0.5, 0.6) is 0 Å². The van der Waals surface area contributed by atoms with Gasteiger partial charge in [-0.05, 0) is 22.6 Å². The number of halogens is 1. The van der Waals surface area contributed by atoms with Crippen LogP contribution < -0.4 is 5.73 Å². The van der Waals surface area contributed by atoms with Crippen LogP contribution in [0, 0.1) is 10.1 Å². The zero-order chi connectivity index (χ0) is 14.5. The van der Waals surface area contributed by atoms with Gasteiger partial charge in [-0.1, -0.05) is 23.4 Å².